The Morgan fingerprint density at radius 1 is 1.04 bits per heavy atom. The van der Waals surface area contributed by atoms with Crippen LogP contribution in [0.1, 0.15) is 32.9 Å². The van der Waals surface area contributed by atoms with Gasteiger partial charge >= 0.3 is 0 Å². The van der Waals surface area contributed by atoms with Crippen molar-refractivity contribution in [2.75, 3.05) is 14.2 Å². The van der Waals surface area contributed by atoms with E-state index in [4.69, 9.17) is 9.47 Å². The van der Waals surface area contributed by atoms with Crippen molar-refractivity contribution >= 4 is 11.9 Å². The average Bonchev–Trinajstić information content (AvgIpc) is 2.99. The third-order valence-electron chi connectivity index (χ3n) is 4.68. The maximum atomic E-state index is 12.6. The number of hydrogen-bond donors (Lipinski definition) is 0. The molecule has 0 unspecified atom stereocenters. The highest BCUT2D eigenvalue weighted by Gasteiger charge is 2.12. The second-order valence-corrected chi connectivity index (χ2v) is 6.50. The van der Waals surface area contributed by atoms with E-state index in [9.17, 15) is 4.79 Å². The molecule has 3 rings (SSSR count). The van der Waals surface area contributed by atoms with Gasteiger partial charge in [0.15, 0.2) is 17.3 Å². The largest absolute Gasteiger partial charge is 0.493 e. The molecule has 1 aromatic heterocycles. The fourth-order valence-corrected chi connectivity index (χ4v) is 3.11. The van der Waals surface area contributed by atoms with Crippen LogP contribution < -0.4 is 9.47 Å². The van der Waals surface area contributed by atoms with Gasteiger partial charge in [-0.25, -0.2) is 0 Å². The fraction of sp³-hybridized carbons (Fsp3) is 0.217. The lowest BCUT2D eigenvalue weighted by Crippen LogP contribution is -2.03. The van der Waals surface area contributed by atoms with E-state index in [1.165, 1.54) is 5.56 Å². The molecule has 3 aromatic rings. The molecule has 5 heteroatoms. The normalized spacial score (nSPS) is 11.0. The van der Waals surface area contributed by atoms with Crippen molar-refractivity contribution in [2.45, 2.75) is 20.4 Å². The minimum atomic E-state index is -0.101. The van der Waals surface area contributed by atoms with Crippen molar-refractivity contribution in [2.24, 2.45) is 0 Å². The Hall–Kier alpha value is -3.34. The second kappa shape index (κ2) is 8.57. The SMILES string of the molecule is COc1ccc(C(=O)/C=C/c2c(C)nn(Cc3ccccc3)c2C)cc1OC. The lowest BCUT2D eigenvalue weighted by molar-refractivity contribution is 0.104. The van der Waals surface area contributed by atoms with Gasteiger partial charge < -0.3 is 9.47 Å². The van der Waals surface area contributed by atoms with Crippen molar-refractivity contribution in [1.82, 2.24) is 9.78 Å². The molecule has 144 valence electrons. The van der Waals surface area contributed by atoms with Gasteiger partial charge in [-0.05, 0) is 49.8 Å². The molecule has 0 amide bonds. The molecule has 0 aliphatic rings. The van der Waals surface area contributed by atoms with Gasteiger partial charge in [-0.1, -0.05) is 30.3 Å². The zero-order chi connectivity index (χ0) is 20.1. The number of benzene rings is 2. The summed E-state index contributed by atoms with van der Waals surface area (Å²) in [6, 6.07) is 15.3. The Bertz CT molecular complexity index is 1000. The van der Waals surface area contributed by atoms with Crippen LogP contribution in [-0.2, 0) is 6.54 Å². The zero-order valence-corrected chi connectivity index (χ0v) is 16.6. The molecule has 0 bridgehead atoms. The van der Waals surface area contributed by atoms with E-state index in [-0.39, 0.29) is 5.78 Å². The van der Waals surface area contributed by atoms with E-state index < -0.39 is 0 Å². The number of allylic oxidation sites excluding steroid dienone is 1. The van der Waals surface area contributed by atoms with Gasteiger partial charge in [-0.2, -0.15) is 5.10 Å². The first-order chi connectivity index (χ1) is 13.5. The zero-order valence-electron chi connectivity index (χ0n) is 16.6. The van der Waals surface area contributed by atoms with E-state index in [2.05, 4.69) is 17.2 Å². The highest BCUT2D eigenvalue weighted by molar-refractivity contribution is 6.07. The summed E-state index contributed by atoms with van der Waals surface area (Å²) in [7, 11) is 3.12. The minimum Gasteiger partial charge on any atom is -0.493 e. The number of hydrogen-bond acceptors (Lipinski definition) is 4. The third-order valence-corrected chi connectivity index (χ3v) is 4.68. The van der Waals surface area contributed by atoms with Gasteiger partial charge in [0.25, 0.3) is 0 Å². The number of ketones is 1. The quantitative estimate of drug-likeness (QED) is 0.451. The van der Waals surface area contributed by atoms with Crippen LogP contribution in [0.4, 0.5) is 0 Å². The molecule has 28 heavy (non-hydrogen) atoms. The monoisotopic (exact) mass is 376 g/mol. The topological polar surface area (TPSA) is 53.3 Å². The van der Waals surface area contributed by atoms with Crippen LogP contribution in [0.25, 0.3) is 6.08 Å². The predicted molar refractivity (Wildman–Crippen MR) is 110 cm³/mol. The summed E-state index contributed by atoms with van der Waals surface area (Å²) in [6.45, 7) is 4.67. The predicted octanol–water partition coefficient (Wildman–Crippen LogP) is 4.46. The summed E-state index contributed by atoms with van der Waals surface area (Å²) in [6.07, 6.45) is 3.41. The summed E-state index contributed by atoms with van der Waals surface area (Å²) in [4.78, 5) is 12.6. The fourth-order valence-electron chi connectivity index (χ4n) is 3.11. The van der Waals surface area contributed by atoms with Crippen LogP contribution in [0, 0.1) is 13.8 Å². The molecule has 0 aliphatic heterocycles. The average molecular weight is 376 g/mol. The van der Waals surface area contributed by atoms with E-state index >= 15 is 0 Å². The Balaban J connectivity index is 1.81. The van der Waals surface area contributed by atoms with Gasteiger partial charge in [-0.3, -0.25) is 9.48 Å². The molecule has 0 saturated carbocycles. The first-order valence-electron chi connectivity index (χ1n) is 9.06. The van der Waals surface area contributed by atoms with E-state index in [0.717, 1.165) is 17.0 Å². The number of aromatic nitrogens is 2. The van der Waals surface area contributed by atoms with Crippen LogP contribution in [0.5, 0.6) is 11.5 Å². The summed E-state index contributed by atoms with van der Waals surface area (Å²) in [5, 5.41) is 4.62. The number of carbonyl (C=O) groups excluding carboxylic acids is 1. The molecular weight excluding hydrogens is 352 g/mol. The van der Waals surface area contributed by atoms with Crippen LogP contribution in [0.2, 0.25) is 0 Å². The summed E-state index contributed by atoms with van der Waals surface area (Å²) < 4.78 is 12.5. The lowest BCUT2D eigenvalue weighted by atomic mass is 10.1. The second-order valence-electron chi connectivity index (χ2n) is 6.50. The Labute approximate surface area is 165 Å². The van der Waals surface area contributed by atoms with E-state index in [1.54, 1.807) is 38.5 Å². The van der Waals surface area contributed by atoms with Crippen LogP contribution in [0.3, 0.4) is 0 Å². The molecule has 0 radical (unpaired) electrons. The maximum Gasteiger partial charge on any atom is 0.185 e. The van der Waals surface area contributed by atoms with E-state index in [0.29, 0.717) is 23.6 Å². The number of carbonyl (C=O) groups is 1. The van der Waals surface area contributed by atoms with Crippen molar-refractivity contribution in [3.8, 4) is 11.5 Å². The summed E-state index contributed by atoms with van der Waals surface area (Å²) >= 11 is 0. The van der Waals surface area contributed by atoms with Crippen molar-refractivity contribution < 1.29 is 14.3 Å². The molecule has 0 N–H and O–H groups in total. The molecule has 0 fully saturated rings. The van der Waals surface area contributed by atoms with Crippen LogP contribution >= 0.6 is 0 Å². The highest BCUT2D eigenvalue weighted by atomic mass is 16.5. The molecule has 5 nitrogen and oxygen atoms in total. The van der Waals surface area contributed by atoms with E-state index in [1.807, 2.05) is 42.8 Å². The number of rotatable bonds is 7. The first kappa shape index (κ1) is 19.4. The molecule has 1 heterocycles. The molecule has 0 aliphatic carbocycles. The Morgan fingerprint density at radius 2 is 1.75 bits per heavy atom. The third kappa shape index (κ3) is 4.14. The number of methoxy groups -OCH3 is 2. The van der Waals surface area contributed by atoms with Crippen molar-refractivity contribution in [1.29, 1.82) is 0 Å². The Morgan fingerprint density at radius 3 is 2.43 bits per heavy atom. The standard InChI is InChI=1S/C23H24N2O3/c1-16-20(17(2)25(24-16)15-18-8-6-5-7-9-18)11-12-21(26)19-10-13-22(27-3)23(14-19)28-4/h5-14H,15H2,1-4H3/b12-11+. The number of ether oxygens (including phenoxy) is 2. The molecular formula is C23H24N2O3. The van der Waals surface area contributed by atoms with Gasteiger partial charge in [0, 0.05) is 16.8 Å². The molecule has 0 saturated heterocycles. The maximum absolute atomic E-state index is 12.6. The van der Waals surface area contributed by atoms with Crippen LogP contribution in [0.15, 0.2) is 54.6 Å². The van der Waals surface area contributed by atoms with Gasteiger partial charge in [-0.15, -0.1) is 0 Å². The van der Waals surface area contributed by atoms with Crippen molar-refractivity contribution in [3.05, 3.63) is 82.7 Å². The van der Waals surface area contributed by atoms with Gasteiger partial charge in [0.05, 0.1) is 26.5 Å². The first-order valence-corrected chi connectivity index (χ1v) is 9.06. The number of nitrogens with zero attached hydrogens (tertiary/aromatic N) is 2. The smallest absolute Gasteiger partial charge is 0.185 e. The van der Waals surface area contributed by atoms with Gasteiger partial charge in [0.2, 0.25) is 0 Å². The summed E-state index contributed by atoms with van der Waals surface area (Å²) in [5.74, 6) is 1.03. The molecule has 0 atom stereocenters. The van der Waals surface area contributed by atoms with Crippen molar-refractivity contribution in [3.63, 3.8) is 0 Å². The lowest BCUT2D eigenvalue weighted by Gasteiger charge is -2.08. The summed E-state index contributed by atoms with van der Waals surface area (Å²) in [5.41, 5.74) is 4.61. The molecule has 2 aromatic carbocycles. The Kier molecular flexibility index (Phi) is 5.94. The highest BCUT2D eigenvalue weighted by Crippen LogP contribution is 2.28. The van der Waals surface area contributed by atoms with Crippen LogP contribution in [-0.4, -0.2) is 29.8 Å². The van der Waals surface area contributed by atoms with Gasteiger partial charge in [0.1, 0.15) is 0 Å². The minimum absolute atomic E-state index is 0.101. The molecule has 0 spiro atoms. The number of aryl methyl sites for hydroxylation is 1.